The number of rotatable bonds is 0. The second kappa shape index (κ2) is 2.60. The highest BCUT2D eigenvalue weighted by molar-refractivity contribution is 9.10. The molecule has 1 heteroatoms. The third-order valence-electron chi connectivity index (χ3n) is 3.63. The maximum atomic E-state index is 3.66. The average Bonchev–Trinajstić information content (AvgIpc) is 2.89. The third-order valence-corrected chi connectivity index (χ3v) is 4.37. The molecule has 1 aromatic rings. The average molecular weight is 237 g/mol. The summed E-state index contributed by atoms with van der Waals surface area (Å²) in [4.78, 5) is 0. The molecule has 0 atom stereocenters. The van der Waals surface area contributed by atoms with E-state index in [9.17, 15) is 0 Å². The van der Waals surface area contributed by atoms with Crippen LogP contribution in [0.25, 0.3) is 0 Å². The fourth-order valence-electron chi connectivity index (χ4n) is 2.72. The molecule has 0 nitrogen and oxygen atoms in total. The van der Waals surface area contributed by atoms with Crippen LogP contribution >= 0.6 is 15.9 Å². The van der Waals surface area contributed by atoms with Gasteiger partial charge in [0.1, 0.15) is 0 Å². The zero-order valence-electron chi connectivity index (χ0n) is 7.65. The van der Waals surface area contributed by atoms with Crippen LogP contribution in [0.1, 0.15) is 36.8 Å². The zero-order chi connectivity index (χ0) is 8.89. The van der Waals surface area contributed by atoms with Crippen molar-refractivity contribution in [1.82, 2.24) is 0 Å². The molecule has 0 bridgehead atoms. The van der Waals surface area contributed by atoms with Crippen LogP contribution in [0.5, 0.6) is 0 Å². The van der Waals surface area contributed by atoms with Gasteiger partial charge in [-0.3, -0.25) is 0 Å². The van der Waals surface area contributed by atoms with Crippen LogP contribution in [-0.4, -0.2) is 0 Å². The Morgan fingerprint density at radius 2 is 2.00 bits per heavy atom. The maximum Gasteiger partial charge on any atom is 0.0210 e. The highest BCUT2D eigenvalue weighted by Gasteiger charge is 2.46. The van der Waals surface area contributed by atoms with Crippen LogP contribution in [0.3, 0.4) is 0 Å². The van der Waals surface area contributed by atoms with E-state index in [0.29, 0.717) is 5.41 Å². The molecule has 0 heterocycles. The van der Waals surface area contributed by atoms with Gasteiger partial charge >= 0.3 is 0 Å². The molecule has 0 aromatic heterocycles. The summed E-state index contributed by atoms with van der Waals surface area (Å²) in [6.07, 6.45) is 6.94. The van der Waals surface area contributed by atoms with Crippen molar-refractivity contribution in [2.75, 3.05) is 0 Å². The van der Waals surface area contributed by atoms with Crippen LogP contribution in [0.4, 0.5) is 0 Å². The van der Waals surface area contributed by atoms with Crippen LogP contribution in [0.15, 0.2) is 22.7 Å². The normalized spacial score (nSPS) is 22.8. The topological polar surface area (TPSA) is 0 Å². The SMILES string of the molecule is Brc1cccc2c1CCCC21CC1. The van der Waals surface area contributed by atoms with E-state index in [2.05, 4.69) is 34.1 Å². The largest absolute Gasteiger partial charge is 0.0608 e. The van der Waals surface area contributed by atoms with Crippen LogP contribution in [0.2, 0.25) is 0 Å². The molecule has 13 heavy (non-hydrogen) atoms. The molecule has 2 aliphatic carbocycles. The van der Waals surface area contributed by atoms with E-state index in [1.54, 1.807) is 11.1 Å². The smallest absolute Gasteiger partial charge is 0.0210 e. The summed E-state index contributed by atoms with van der Waals surface area (Å²) >= 11 is 3.66. The molecular weight excluding hydrogens is 224 g/mol. The van der Waals surface area contributed by atoms with Gasteiger partial charge in [-0.25, -0.2) is 0 Å². The first-order valence-corrected chi connectivity index (χ1v) is 5.89. The monoisotopic (exact) mass is 236 g/mol. The molecule has 1 aromatic carbocycles. The predicted octanol–water partition coefficient (Wildman–Crippen LogP) is 3.82. The van der Waals surface area contributed by atoms with E-state index in [1.807, 2.05) is 0 Å². The van der Waals surface area contributed by atoms with E-state index in [1.165, 1.54) is 36.6 Å². The maximum absolute atomic E-state index is 3.66. The van der Waals surface area contributed by atoms with E-state index >= 15 is 0 Å². The van der Waals surface area contributed by atoms with Crippen molar-refractivity contribution in [3.8, 4) is 0 Å². The standard InChI is InChI=1S/C12H13Br/c13-11-5-1-4-10-9(11)3-2-6-12(10)7-8-12/h1,4-5H,2-3,6-8H2. The van der Waals surface area contributed by atoms with Gasteiger partial charge in [0, 0.05) is 4.47 Å². The number of hydrogen-bond donors (Lipinski definition) is 0. The Kier molecular flexibility index (Phi) is 1.61. The molecule has 1 fully saturated rings. The Balaban J connectivity index is 2.19. The lowest BCUT2D eigenvalue weighted by molar-refractivity contribution is 0.540. The fraction of sp³-hybridized carbons (Fsp3) is 0.500. The second-order valence-electron chi connectivity index (χ2n) is 4.40. The van der Waals surface area contributed by atoms with Crippen molar-refractivity contribution < 1.29 is 0 Å². The van der Waals surface area contributed by atoms with Gasteiger partial charge in [-0.2, -0.15) is 0 Å². The van der Waals surface area contributed by atoms with Crippen molar-refractivity contribution >= 4 is 15.9 Å². The lowest BCUT2D eigenvalue weighted by Crippen LogP contribution is -2.15. The molecule has 1 spiro atoms. The van der Waals surface area contributed by atoms with E-state index < -0.39 is 0 Å². The summed E-state index contributed by atoms with van der Waals surface area (Å²) < 4.78 is 1.33. The minimum atomic E-state index is 0.622. The van der Waals surface area contributed by atoms with Gasteiger partial charge in [-0.05, 0) is 54.7 Å². The summed E-state index contributed by atoms with van der Waals surface area (Å²) in [5.41, 5.74) is 3.86. The number of halogens is 1. The zero-order valence-corrected chi connectivity index (χ0v) is 9.23. The molecule has 0 saturated heterocycles. The van der Waals surface area contributed by atoms with E-state index in [4.69, 9.17) is 0 Å². The minimum absolute atomic E-state index is 0.622. The van der Waals surface area contributed by atoms with Crippen LogP contribution < -0.4 is 0 Å². The third kappa shape index (κ3) is 1.10. The quantitative estimate of drug-likeness (QED) is 0.643. The Bertz CT molecular complexity index is 350. The predicted molar refractivity (Wildman–Crippen MR) is 58.0 cm³/mol. The first-order chi connectivity index (χ1) is 6.32. The van der Waals surface area contributed by atoms with Crippen molar-refractivity contribution in [2.45, 2.75) is 37.5 Å². The van der Waals surface area contributed by atoms with Gasteiger partial charge in [0.25, 0.3) is 0 Å². The van der Waals surface area contributed by atoms with Gasteiger partial charge in [-0.15, -0.1) is 0 Å². The Labute approximate surface area is 87.5 Å². The van der Waals surface area contributed by atoms with Crippen LogP contribution in [0, 0.1) is 0 Å². The highest BCUT2D eigenvalue weighted by atomic mass is 79.9. The Morgan fingerprint density at radius 3 is 2.77 bits per heavy atom. The van der Waals surface area contributed by atoms with Gasteiger partial charge in [0.15, 0.2) is 0 Å². The molecule has 68 valence electrons. The second-order valence-corrected chi connectivity index (χ2v) is 5.25. The lowest BCUT2D eigenvalue weighted by atomic mass is 9.80. The first-order valence-electron chi connectivity index (χ1n) is 5.10. The van der Waals surface area contributed by atoms with Crippen molar-refractivity contribution in [2.24, 2.45) is 0 Å². The molecule has 0 radical (unpaired) electrons. The van der Waals surface area contributed by atoms with Gasteiger partial charge in [0.2, 0.25) is 0 Å². The van der Waals surface area contributed by atoms with Crippen molar-refractivity contribution in [1.29, 1.82) is 0 Å². The number of fused-ring (bicyclic) bond motifs is 2. The molecule has 0 N–H and O–H groups in total. The van der Waals surface area contributed by atoms with Crippen molar-refractivity contribution in [3.63, 3.8) is 0 Å². The lowest BCUT2D eigenvalue weighted by Gasteiger charge is -2.25. The molecule has 2 aliphatic rings. The number of hydrogen-bond acceptors (Lipinski definition) is 0. The Morgan fingerprint density at radius 1 is 1.15 bits per heavy atom. The fourth-order valence-corrected chi connectivity index (χ4v) is 3.28. The van der Waals surface area contributed by atoms with Gasteiger partial charge in [-0.1, -0.05) is 28.1 Å². The summed E-state index contributed by atoms with van der Waals surface area (Å²) in [5.74, 6) is 0. The summed E-state index contributed by atoms with van der Waals surface area (Å²) in [5, 5.41) is 0. The van der Waals surface area contributed by atoms with Gasteiger partial charge < -0.3 is 0 Å². The highest BCUT2D eigenvalue weighted by Crippen LogP contribution is 2.56. The molecule has 1 saturated carbocycles. The van der Waals surface area contributed by atoms with Gasteiger partial charge in [0.05, 0.1) is 0 Å². The minimum Gasteiger partial charge on any atom is -0.0608 e. The Hall–Kier alpha value is -0.300. The van der Waals surface area contributed by atoms with E-state index in [-0.39, 0.29) is 0 Å². The van der Waals surface area contributed by atoms with E-state index in [0.717, 1.165) is 0 Å². The summed E-state index contributed by atoms with van der Waals surface area (Å²) in [7, 11) is 0. The first kappa shape index (κ1) is 8.05. The molecule has 0 unspecified atom stereocenters. The molecule has 0 amide bonds. The number of benzene rings is 1. The molecule has 0 aliphatic heterocycles. The molecular formula is C12H13Br. The van der Waals surface area contributed by atoms with Crippen molar-refractivity contribution in [3.05, 3.63) is 33.8 Å². The van der Waals surface area contributed by atoms with Crippen LogP contribution in [-0.2, 0) is 11.8 Å². The summed E-state index contributed by atoms with van der Waals surface area (Å²) in [6.45, 7) is 0. The summed E-state index contributed by atoms with van der Waals surface area (Å²) in [6, 6.07) is 6.71. The molecule has 3 rings (SSSR count).